The van der Waals surface area contributed by atoms with Gasteiger partial charge in [0.1, 0.15) is 39.3 Å². The lowest BCUT2D eigenvalue weighted by Crippen LogP contribution is -2.49. The first-order valence-corrected chi connectivity index (χ1v) is 15.0. The van der Waals surface area contributed by atoms with Gasteiger partial charge in [-0.25, -0.2) is 13.8 Å². The second kappa shape index (κ2) is 11.8. The molecule has 43 heavy (non-hydrogen) atoms. The van der Waals surface area contributed by atoms with E-state index in [1.165, 1.54) is 58.4 Å². The Morgan fingerprint density at radius 2 is 1.86 bits per heavy atom. The number of carbonyl (C=O) groups is 2. The number of nitrogens with one attached hydrogen (secondary N) is 1. The molecule has 2 atom stereocenters. The Morgan fingerprint density at radius 1 is 1.12 bits per heavy atom. The Kier molecular flexibility index (Phi) is 7.97. The highest BCUT2D eigenvalue weighted by Crippen LogP contribution is 2.36. The maximum absolute atomic E-state index is 14.6. The molecule has 0 bridgehead atoms. The lowest BCUT2D eigenvalue weighted by atomic mass is 9.96. The fraction of sp³-hybridized carbons (Fsp3) is 0.448. The molecule has 6 rings (SSSR count). The lowest BCUT2D eigenvalue weighted by Gasteiger charge is -2.29. The van der Waals surface area contributed by atoms with Crippen LogP contribution in [0.15, 0.2) is 40.2 Å². The predicted molar refractivity (Wildman–Crippen MR) is 155 cm³/mol. The molecule has 0 radical (unpaired) electrons. The van der Waals surface area contributed by atoms with Gasteiger partial charge in [-0.05, 0) is 50.8 Å². The summed E-state index contributed by atoms with van der Waals surface area (Å²) in [6.45, 7) is 2.11. The Morgan fingerprint density at radius 3 is 2.56 bits per heavy atom. The second-order valence-corrected chi connectivity index (χ2v) is 11.8. The number of amides is 1. The first-order chi connectivity index (χ1) is 20.8. The number of rotatable bonds is 8. The van der Waals surface area contributed by atoms with E-state index >= 15 is 0 Å². The van der Waals surface area contributed by atoms with Gasteiger partial charge < -0.3 is 14.8 Å². The topological polar surface area (TPSA) is 139 Å². The minimum absolute atomic E-state index is 0.111. The van der Waals surface area contributed by atoms with Gasteiger partial charge in [-0.3, -0.25) is 19.0 Å². The third-order valence-corrected chi connectivity index (χ3v) is 9.40. The van der Waals surface area contributed by atoms with Crippen LogP contribution >= 0.6 is 11.3 Å². The van der Waals surface area contributed by atoms with Crippen molar-refractivity contribution in [3.8, 4) is 10.8 Å². The van der Waals surface area contributed by atoms with Gasteiger partial charge in [-0.2, -0.15) is 10.2 Å². The Balaban J connectivity index is 1.56. The number of thiophene rings is 1. The molecule has 4 aromatic rings. The molecule has 2 aliphatic rings. The number of halogens is 1. The monoisotopic (exact) mass is 610 g/mol. The van der Waals surface area contributed by atoms with Crippen molar-refractivity contribution in [3.05, 3.63) is 68.4 Å². The van der Waals surface area contributed by atoms with Gasteiger partial charge in [-0.15, -0.1) is 4.80 Å². The van der Waals surface area contributed by atoms with Gasteiger partial charge in [0.2, 0.25) is 5.91 Å². The van der Waals surface area contributed by atoms with Crippen molar-refractivity contribution >= 4 is 33.2 Å². The van der Waals surface area contributed by atoms with E-state index in [2.05, 4.69) is 15.5 Å². The third kappa shape index (κ3) is 5.40. The van der Waals surface area contributed by atoms with Gasteiger partial charge in [0.15, 0.2) is 0 Å². The fourth-order valence-corrected chi connectivity index (χ4v) is 7.14. The molecule has 1 aromatic carbocycles. The van der Waals surface area contributed by atoms with Crippen LogP contribution in [0.3, 0.4) is 0 Å². The molecule has 12 nitrogen and oxygen atoms in total. The number of Topliss-reactive ketones (excluding diaryl/α,β-unsaturated/α-hetero) is 1. The maximum atomic E-state index is 14.6. The van der Waals surface area contributed by atoms with Gasteiger partial charge in [0.25, 0.3) is 5.56 Å². The van der Waals surface area contributed by atoms with Crippen molar-refractivity contribution < 1.29 is 23.5 Å². The van der Waals surface area contributed by atoms with Gasteiger partial charge in [0.05, 0.1) is 37.5 Å². The van der Waals surface area contributed by atoms with Crippen molar-refractivity contribution in [1.29, 1.82) is 0 Å². The first kappa shape index (κ1) is 28.9. The Hall–Kier alpha value is -4.17. The molecule has 1 N–H and O–H groups in total. The van der Waals surface area contributed by atoms with E-state index in [0.29, 0.717) is 71.8 Å². The number of aryl methyl sites for hydroxylation is 1. The van der Waals surface area contributed by atoms with Crippen molar-refractivity contribution in [2.45, 2.75) is 70.2 Å². The summed E-state index contributed by atoms with van der Waals surface area (Å²) < 4.78 is 29.2. The van der Waals surface area contributed by atoms with E-state index in [-0.39, 0.29) is 23.8 Å². The molecule has 1 saturated carbocycles. The van der Waals surface area contributed by atoms with Crippen molar-refractivity contribution in [2.75, 3.05) is 13.7 Å². The summed E-state index contributed by atoms with van der Waals surface area (Å²) in [6, 6.07) is 3.09. The number of ketones is 1. The quantitative estimate of drug-likeness (QED) is 0.321. The summed E-state index contributed by atoms with van der Waals surface area (Å²) in [7, 11) is 1.46. The number of ether oxygens (including phenoxy) is 2. The molecular formula is C29H31FN6O6S. The summed E-state index contributed by atoms with van der Waals surface area (Å²) in [5.74, 6) is -0.385. The Bertz CT molecular complexity index is 1800. The van der Waals surface area contributed by atoms with Crippen LogP contribution in [0.25, 0.3) is 15.2 Å². The average molecular weight is 611 g/mol. The standard InChI is InChI=1S/C29H31FN6O6S/c1-16-24-26(39)35(21-4-3-11-31-25(21)38)29(40)34(28(24)43-27(16)36-32-12-13-33-36)15-23(42-19-8-6-18(37)7-9-19)20-14-17(30)5-10-22(20)41-2/h5,10,12-14,19,21,23H,3-4,6-9,11,15H2,1-2H3,(H,31,38)/t21?,23-/m0/s1. The molecule has 1 amide bonds. The van der Waals surface area contributed by atoms with Crippen LogP contribution in [0.5, 0.6) is 5.75 Å². The minimum Gasteiger partial charge on any atom is -0.496 e. The number of carbonyl (C=O) groups excluding carboxylic acids is 2. The molecule has 3 aromatic heterocycles. The number of hydrogen-bond donors (Lipinski definition) is 1. The van der Waals surface area contributed by atoms with E-state index in [0.717, 1.165) is 4.57 Å². The van der Waals surface area contributed by atoms with Crippen LogP contribution in [-0.2, 0) is 20.9 Å². The maximum Gasteiger partial charge on any atom is 0.332 e. The summed E-state index contributed by atoms with van der Waals surface area (Å²) in [4.78, 5) is 54.9. The highest BCUT2D eigenvalue weighted by molar-refractivity contribution is 7.21. The minimum atomic E-state index is -0.984. The highest BCUT2D eigenvalue weighted by Gasteiger charge is 2.33. The summed E-state index contributed by atoms with van der Waals surface area (Å²) in [6.07, 6.45) is 4.48. The zero-order valence-corrected chi connectivity index (χ0v) is 24.6. The molecule has 1 aliphatic heterocycles. The van der Waals surface area contributed by atoms with Gasteiger partial charge in [-0.1, -0.05) is 11.3 Å². The van der Waals surface area contributed by atoms with Crippen LogP contribution < -0.4 is 21.3 Å². The lowest BCUT2D eigenvalue weighted by molar-refractivity contribution is -0.126. The molecule has 4 heterocycles. The number of piperidine rings is 1. The first-order valence-electron chi connectivity index (χ1n) is 14.2. The van der Waals surface area contributed by atoms with Crippen LogP contribution in [0, 0.1) is 12.7 Å². The number of benzene rings is 1. The fourth-order valence-electron chi connectivity index (χ4n) is 5.92. The number of nitrogens with zero attached hydrogens (tertiary/aromatic N) is 5. The molecule has 1 saturated heterocycles. The van der Waals surface area contributed by atoms with Crippen molar-refractivity contribution in [1.82, 2.24) is 29.4 Å². The molecule has 226 valence electrons. The van der Waals surface area contributed by atoms with E-state index < -0.39 is 35.1 Å². The van der Waals surface area contributed by atoms with Gasteiger partial charge >= 0.3 is 5.69 Å². The Labute approximate surface area is 249 Å². The van der Waals surface area contributed by atoms with Gasteiger partial charge in [0, 0.05) is 30.5 Å². The highest BCUT2D eigenvalue weighted by atomic mass is 32.1. The average Bonchev–Trinajstić information content (AvgIpc) is 3.65. The molecule has 0 spiro atoms. The van der Waals surface area contributed by atoms with Crippen molar-refractivity contribution in [2.24, 2.45) is 0 Å². The number of methoxy groups -OCH3 is 1. The SMILES string of the molecule is COc1ccc(F)cc1[C@H](Cn1c(=O)n(C2CCCNC2=O)c(=O)c2c(C)c(-n3nccn3)sc21)OC1CCC(=O)CC1. The third-order valence-electron chi connectivity index (χ3n) is 8.12. The van der Waals surface area contributed by atoms with Crippen LogP contribution in [-0.4, -0.2) is 55.6 Å². The summed E-state index contributed by atoms with van der Waals surface area (Å²) in [5.41, 5.74) is -0.304. The molecule has 1 unspecified atom stereocenters. The smallest absolute Gasteiger partial charge is 0.332 e. The zero-order chi connectivity index (χ0) is 30.2. The predicted octanol–water partition coefficient (Wildman–Crippen LogP) is 2.98. The van der Waals surface area contributed by atoms with Crippen LogP contribution in [0.4, 0.5) is 4.39 Å². The molecule has 2 fully saturated rings. The largest absolute Gasteiger partial charge is 0.496 e. The summed E-state index contributed by atoms with van der Waals surface area (Å²) >= 11 is 1.17. The molecular weight excluding hydrogens is 579 g/mol. The van der Waals surface area contributed by atoms with Crippen molar-refractivity contribution in [3.63, 3.8) is 0 Å². The zero-order valence-electron chi connectivity index (χ0n) is 23.7. The van der Waals surface area contributed by atoms with E-state index in [1.807, 2.05) is 0 Å². The summed E-state index contributed by atoms with van der Waals surface area (Å²) in [5, 5.41) is 12.0. The number of fused-ring (bicyclic) bond motifs is 1. The normalized spacial score (nSPS) is 18.6. The number of hydrogen-bond acceptors (Lipinski definition) is 9. The van der Waals surface area contributed by atoms with E-state index in [4.69, 9.17) is 9.47 Å². The van der Waals surface area contributed by atoms with Crippen LogP contribution in [0.1, 0.15) is 61.8 Å². The second-order valence-electron chi connectivity index (χ2n) is 10.8. The molecule has 1 aliphatic carbocycles. The van der Waals surface area contributed by atoms with Crippen LogP contribution in [0.2, 0.25) is 0 Å². The van der Waals surface area contributed by atoms with E-state index in [1.54, 1.807) is 6.92 Å². The van der Waals surface area contributed by atoms with E-state index in [9.17, 15) is 23.6 Å². The number of aromatic nitrogens is 5. The molecule has 14 heteroatoms.